The van der Waals surface area contributed by atoms with Crippen molar-refractivity contribution >= 4 is 11.5 Å². The summed E-state index contributed by atoms with van der Waals surface area (Å²) in [5, 5.41) is 3.32. The SMILES string of the molecule is Cc1ccc(N)c(NCCCCN2CCCC2)n1. The summed E-state index contributed by atoms with van der Waals surface area (Å²) in [6.07, 6.45) is 5.17. The summed E-state index contributed by atoms with van der Waals surface area (Å²) in [4.78, 5) is 6.96. The van der Waals surface area contributed by atoms with Crippen molar-refractivity contribution in [2.75, 3.05) is 37.2 Å². The van der Waals surface area contributed by atoms with Gasteiger partial charge in [-0.1, -0.05) is 0 Å². The molecule has 1 fully saturated rings. The molecule has 0 saturated carbocycles. The van der Waals surface area contributed by atoms with E-state index in [1.54, 1.807) is 0 Å². The van der Waals surface area contributed by atoms with Crippen LogP contribution in [0.25, 0.3) is 0 Å². The predicted octanol–water partition coefficient (Wildman–Crippen LogP) is 2.26. The molecule has 0 radical (unpaired) electrons. The van der Waals surface area contributed by atoms with E-state index in [0.29, 0.717) is 0 Å². The Hall–Kier alpha value is -1.29. The Kier molecular flexibility index (Phi) is 4.81. The van der Waals surface area contributed by atoms with E-state index in [2.05, 4.69) is 15.2 Å². The van der Waals surface area contributed by atoms with E-state index in [-0.39, 0.29) is 0 Å². The molecule has 0 amide bonds. The Labute approximate surface area is 110 Å². The van der Waals surface area contributed by atoms with Crippen LogP contribution >= 0.6 is 0 Å². The zero-order valence-corrected chi connectivity index (χ0v) is 11.3. The van der Waals surface area contributed by atoms with E-state index >= 15 is 0 Å². The van der Waals surface area contributed by atoms with Crippen molar-refractivity contribution in [3.05, 3.63) is 17.8 Å². The van der Waals surface area contributed by atoms with Gasteiger partial charge in [-0.25, -0.2) is 4.98 Å². The van der Waals surface area contributed by atoms with Crippen LogP contribution in [0.2, 0.25) is 0 Å². The monoisotopic (exact) mass is 248 g/mol. The zero-order chi connectivity index (χ0) is 12.8. The number of nitrogen functional groups attached to an aromatic ring is 1. The van der Waals surface area contributed by atoms with Gasteiger partial charge in [-0.05, 0) is 64.4 Å². The molecule has 0 unspecified atom stereocenters. The summed E-state index contributed by atoms with van der Waals surface area (Å²) in [5.41, 5.74) is 7.61. The van der Waals surface area contributed by atoms with E-state index in [1.165, 1.54) is 45.3 Å². The fourth-order valence-corrected chi connectivity index (χ4v) is 2.38. The quantitative estimate of drug-likeness (QED) is 0.758. The molecule has 0 aromatic carbocycles. The maximum atomic E-state index is 5.87. The molecule has 2 rings (SSSR count). The summed E-state index contributed by atoms with van der Waals surface area (Å²) in [7, 11) is 0. The average Bonchev–Trinajstić information content (AvgIpc) is 2.86. The van der Waals surface area contributed by atoms with E-state index in [1.807, 2.05) is 19.1 Å². The second-order valence-electron chi connectivity index (χ2n) is 5.07. The van der Waals surface area contributed by atoms with Gasteiger partial charge in [0.25, 0.3) is 0 Å². The normalized spacial score (nSPS) is 16.1. The number of hydrogen-bond acceptors (Lipinski definition) is 4. The Morgan fingerprint density at radius 2 is 2.06 bits per heavy atom. The summed E-state index contributed by atoms with van der Waals surface area (Å²) in [6, 6.07) is 3.85. The third-order valence-corrected chi connectivity index (χ3v) is 3.46. The first-order valence-electron chi connectivity index (χ1n) is 6.95. The van der Waals surface area contributed by atoms with Crippen molar-refractivity contribution in [2.45, 2.75) is 32.6 Å². The van der Waals surface area contributed by atoms with Crippen LogP contribution in [0.15, 0.2) is 12.1 Å². The first kappa shape index (κ1) is 13.1. The lowest BCUT2D eigenvalue weighted by molar-refractivity contribution is 0.331. The van der Waals surface area contributed by atoms with Gasteiger partial charge in [0.1, 0.15) is 5.82 Å². The van der Waals surface area contributed by atoms with Crippen LogP contribution in [0.1, 0.15) is 31.4 Å². The highest BCUT2D eigenvalue weighted by Gasteiger charge is 2.10. The van der Waals surface area contributed by atoms with Crippen molar-refractivity contribution < 1.29 is 0 Å². The molecule has 4 nitrogen and oxygen atoms in total. The fourth-order valence-electron chi connectivity index (χ4n) is 2.38. The second-order valence-corrected chi connectivity index (χ2v) is 5.07. The number of anilines is 2. The lowest BCUT2D eigenvalue weighted by atomic mass is 10.3. The molecule has 100 valence electrons. The largest absolute Gasteiger partial charge is 0.396 e. The van der Waals surface area contributed by atoms with Gasteiger partial charge in [0, 0.05) is 12.2 Å². The van der Waals surface area contributed by atoms with Gasteiger partial charge in [0.2, 0.25) is 0 Å². The number of aryl methyl sites for hydroxylation is 1. The van der Waals surface area contributed by atoms with Crippen LogP contribution in [0.4, 0.5) is 11.5 Å². The first-order chi connectivity index (χ1) is 8.75. The summed E-state index contributed by atoms with van der Waals surface area (Å²) in [6.45, 7) is 6.75. The number of nitrogens with two attached hydrogens (primary N) is 1. The molecule has 18 heavy (non-hydrogen) atoms. The van der Waals surface area contributed by atoms with Crippen LogP contribution in [0.3, 0.4) is 0 Å². The molecular weight excluding hydrogens is 224 g/mol. The predicted molar refractivity (Wildman–Crippen MR) is 76.8 cm³/mol. The second kappa shape index (κ2) is 6.59. The van der Waals surface area contributed by atoms with Crippen LogP contribution in [-0.4, -0.2) is 36.1 Å². The number of nitrogens with zero attached hydrogens (tertiary/aromatic N) is 2. The third kappa shape index (κ3) is 3.88. The number of rotatable bonds is 6. The minimum Gasteiger partial charge on any atom is -0.396 e. The number of aromatic nitrogens is 1. The molecule has 0 spiro atoms. The highest BCUT2D eigenvalue weighted by molar-refractivity contribution is 5.61. The van der Waals surface area contributed by atoms with E-state index < -0.39 is 0 Å². The molecular formula is C14H24N4. The minimum atomic E-state index is 0.736. The van der Waals surface area contributed by atoms with Crippen LogP contribution < -0.4 is 11.1 Å². The molecule has 2 heterocycles. The molecule has 0 aliphatic carbocycles. The molecule has 1 aromatic heterocycles. The van der Waals surface area contributed by atoms with Gasteiger partial charge in [-0.3, -0.25) is 0 Å². The highest BCUT2D eigenvalue weighted by atomic mass is 15.1. The van der Waals surface area contributed by atoms with Gasteiger partial charge in [0.15, 0.2) is 0 Å². The fraction of sp³-hybridized carbons (Fsp3) is 0.643. The van der Waals surface area contributed by atoms with Gasteiger partial charge < -0.3 is 16.0 Å². The average molecular weight is 248 g/mol. The molecule has 3 N–H and O–H groups in total. The Bertz CT molecular complexity index is 372. The maximum absolute atomic E-state index is 5.87. The van der Waals surface area contributed by atoms with Crippen molar-refractivity contribution in [1.29, 1.82) is 0 Å². The van der Waals surface area contributed by atoms with Gasteiger partial charge in [0.05, 0.1) is 5.69 Å². The smallest absolute Gasteiger partial charge is 0.149 e. The van der Waals surface area contributed by atoms with Crippen LogP contribution in [0, 0.1) is 6.92 Å². The molecule has 0 atom stereocenters. The Balaban J connectivity index is 1.64. The molecule has 1 aromatic rings. The minimum absolute atomic E-state index is 0.736. The number of unbranched alkanes of at least 4 members (excludes halogenated alkanes) is 1. The zero-order valence-electron chi connectivity index (χ0n) is 11.3. The number of likely N-dealkylation sites (tertiary alicyclic amines) is 1. The summed E-state index contributed by atoms with van der Waals surface area (Å²) >= 11 is 0. The number of hydrogen-bond donors (Lipinski definition) is 2. The van der Waals surface area contributed by atoms with E-state index in [0.717, 1.165) is 23.7 Å². The van der Waals surface area contributed by atoms with Crippen molar-refractivity contribution in [1.82, 2.24) is 9.88 Å². The van der Waals surface area contributed by atoms with Crippen molar-refractivity contribution in [3.63, 3.8) is 0 Å². The lowest BCUT2D eigenvalue weighted by Crippen LogP contribution is -2.21. The molecule has 1 aliphatic rings. The van der Waals surface area contributed by atoms with Gasteiger partial charge in [-0.2, -0.15) is 0 Å². The Morgan fingerprint density at radius 1 is 1.28 bits per heavy atom. The summed E-state index contributed by atoms with van der Waals surface area (Å²) < 4.78 is 0. The summed E-state index contributed by atoms with van der Waals surface area (Å²) in [5.74, 6) is 0.830. The van der Waals surface area contributed by atoms with Gasteiger partial charge in [-0.15, -0.1) is 0 Å². The number of pyridine rings is 1. The van der Waals surface area contributed by atoms with E-state index in [4.69, 9.17) is 5.73 Å². The molecule has 1 aliphatic heterocycles. The van der Waals surface area contributed by atoms with Gasteiger partial charge >= 0.3 is 0 Å². The topological polar surface area (TPSA) is 54.2 Å². The van der Waals surface area contributed by atoms with Crippen LogP contribution in [0.5, 0.6) is 0 Å². The van der Waals surface area contributed by atoms with E-state index in [9.17, 15) is 0 Å². The third-order valence-electron chi connectivity index (χ3n) is 3.46. The highest BCUT2D eigenvalue weighted by Crippen LogP contribution is 2.15. The standard InChI is InChI=1S/C14H24N4/c1-12-6-7-13(15)14(17-12)16-8-2-3-9-18-10-4-5-11-18/h6-7H,2-5,8-11,15H2,1H3,(H,16,17). The first-order valence-corrected chi connectivity index (χ1v) is 6.95. The Morgan fingerprint density at radius 3 is 2.83 bits per heavy atom. The van der Waals surface area contributed by atoms with Crippen molar-refractivity contribution in [2.24, 2.45) is 0 Å². The lowest BCUT2D eigenvalue weighted by Gasteiger charge is -2.14. The van der Waals surface area contributed by atoms with Crippen LogP contribution in [-0.2, 0) is 0 Å². The number of nitrogens with one attached hydrogen (secondary N) is 1. The molecule has 1 saturated heterocycles. The van der Waals surface area contributed by atoms with Crippen molar-refractivity contribution in [3.8, 4) is 0 Å². The molecule has 4 heteroatoms. The maximum Gasteiger partial charge on any atom is 0.149 e. The molecule has 0 bridgehead atoms.